The number of carbonyl (C=O) groups excluding carboxylic acids is 1. The molecule has 16 heavy (non-hydrogen) atoms. The lowest BCUT2D eigenvalue weighted by atomic mass is 10.2. The maximum atomic E-state index is 10.9. The van der Waals surface area contributed by atoms with Gasteiger partial charge in [0.15, 0.2) is 5.11 Å². The van der Waals surface area contributed by atoms with Gasteiger partial charge in [0.25, 0.3) is 5.91 Å². The Morgan fingerprint density at radius 3 is 3.00 bits per heavy atom. The van der Waals surface area contributed by atoms with Crippen molar-refractivity contribution in [3.8, 4) is 6.07 Å². The highest BCUT2D eigenvalue weighted by Gasteiger charge is 2.15. The van der Waals surface area contributed by atoms with Crippen LogP contribution in [0.1, 0.15) is 19.3 Å². The van der Waals surface area contributed by atoms with E-state index in [0.717, 1.165) is 19.4 Å². The molecule has 1 heterocycles. The van der Waals surface area contributed by atoms with E-state index in [-0.39, 0.29) is 12.5 Å². The van der Waals surface area contributed by atoms with Gasteiger partial charge in [-0.1, -0.05) is 0 Å². The number of hydrazine groups is 1. The maximum Gasteiger partial charge on any atom is 0.252 e. The van der Waals surface area contributed by atoms with Crippen LogP contribution in [0, 0.1) is 11.3 Å². The topological polar surface area (TPSA) is 86.2 Å². The van der Waals surface area contributed by atoms with Crippen LogP contribution in [0.5, 0.6) is 0 Å². The highest BCUT2D eigenvalue weighted by Crippen LogP contribution is 2.10. The quantitative estimate of drug-likeness (QED) is 0.460. The number of nitrogens with one attached hydrogen (secondary N) is 3. The molecule has 0 aromatic rings. The molecule has 0 aliphatic carbocycles. The molecule has 1 aliphatic rings. The van der Waals surface area contributed by atoms with E-state index in [1.165, 1.54) is 0 Å². The van der Waals surface area contributed by atoms with Crippen molar-refractivity contribution in [3.05, 3.63) is 0 Å². The van der Waals surface area contributed by atoms with Crippen molar-refractivity contribution in [2.45, 2.75) is 25.4 Å². The fraction of sp³-hybridized carbons (Fsp3) is 0.667. The Kier molecular flexibility index (Phi) is 5.53. The lowest BCUT2D eigenvalue weighted by Gasteiger charge is -2.13. The molecule has 1 fully saturated rings. The number of carbonyl (C=O) groups is 1. The molecule has 3 N–H and O–H groups in total. The molecule has 6 nitrogen and oxygen atoms in total. The van der Waals surface area contributed by atoms with E-state index in [2.05, 4.69) is 16.2 Å². The summed E-state index contributed by atoms with van der Waals surface area (Å²) in [4.78, 5) is 10.9. The zero-order valence-corrected chi connectivity index (χ0v) is 9.60. The van der Waals surface area contributed by atoms with Gasteiger partial charge in [0.05, 0.1) is 12.2 Å². The van der Waals surface area contributed by atoms with Crippen molar-refractivity contribution >= 4 is 23.2 Å². The molecule has 0 spiro atoms. The van der Waals surface area contributed by atoms with E-state index in [9.17, 15) is 4.79 Å². The minimum absolute atomic E-state index is 0.189. The molecule has 88 valence electrons. The van der Waals surface area contributed by atoms with Gasteiger partial charge in [-0.05, 0) is 25.1 Å². The average Bonchev–Trinajstić information content (AvgIpc) is 2.77. The van der Waals surface area contributed by atoms with Crippen LogP contribution >= 0.6 is 12.2 Å². The predicted molar refractivity (Wildman–Crippen MR) is 61.1 cm³/mol. The summed E-state index contributed by atoms with van der Waals surface area (Å²) in [5, 5.41) is 11.5. The van der Waals surface area contributed by atoms with Gasteiger partial charge >= 0.3 is 0 Å². The molecule has 0 bridgehead atoms. The Morgan fingerprint density at radius 1 is 1.56 bits per heavy atom. The minimum Gasteiger partial charge on any atom is -0.376 e. The van der Waals surface area contributed by atoms with Gasteiger partial charge in [-0.3, -0.25) is 15.6 Å². The van der Waals surface area contributed by atoms with Crippen molar-refractivity contribution in [1.82, 2.24) is 16.2 Å². The molecule has 1 saturated heterocycles. The van der Waals surface area contributed by atoms with Crippen molar-refractivity contribution in [1.29, 1.82) is 5.26 Å². The molecule has 7 heteroatoms. The second-order valence-electron chi connectivity index (χ2n) is 3.35. The van der Waals surface area contributed by atoms with E-state index < -0.39 is 5.91 Å². The molecular formula is C9H14N4O2S. The first-order valence-electron chi connectivity index (χ1n) is 5.03. The number of amides is 1. The monoisotopic (exact) mass is 242 g/mol. The summed E-state index contributed by atoms with van der Waals surface area (Å²) in [6.45, 7) is 1.42. The maximum absolute atomic E-state index is 10.9. The molecule has 1 amide bonds. The Balaban J connectivity index is 2.06. The van der Waals surface area contributed by atoms with E-state index >= 15 is 0 Å². The number of nitriles is 1. The van der Waals surface area contributed by atoms with Crippen LogP contribution in [0.4, 0.5) is 0 Å². The molecule has 1 aliphatic heterocycles. The first-order chi connectivity index (χ1) is 7.72. The lowest BCUT2D eigenvalue weighted by molar-refractivity contribution is -0.120. The van der Waals surface area contributed by atoms with Crippen LogP contribution in [-0.4, -0.2) is 30.3 Å². The Hall–Kier alpha value is -1.39. The van der Waals surface area contributed by atoms with Crippen LogP contribution in [0.15, 0.2) is 0 Å². The van der Waals surface area contributed by atoms with Gasteiger partial charge in [0, 0.05) is 13.2 Å². The first-order valence-corrected chi connectivity index (χ1v) is 5.44. The number of ether oxygens (including phenoxy) is 1. The third-order valence-corrected chi connectivity index (χ3v) is 2.32. The number of nitrogens with zero attached hydrogens (tertiary/aromatic N) is 1. The summed E-state index contributed by atoms with van der Waals surface area (Å²) in [6.07, 6.45) is 2.10. The molecule has 0 aromatic heterocycles. The van der Waals surface area contributed by atoms with E-state index in [1.807, 2.05) is 0 Å². The Labute approximate surface area is 99.3 Å². The standard InChI is InChI=1S/C9H14N4O2S/c10-4-3-8(14)12-13-9(16)11-6-7-2-1-5-15-7/h7H,1-3,5-6H2,(H,12,14)(H2,11,13,16). The van der Waals surface area contributed by atoms with Crippen molar-refractivity contribution in [2.75, 3.05) is 13.2 Å². The van der Waals surface area contributed by atoms with Gasteiger partial charge in [0.1, 0.15) is 6.42 Å². The SMILES string of the molecule is N#CCC(=O)NNC(=S)NCC1CCCO1. The van der Waals surface area contributed by atoms with Crippen LogP contribution < -0.4 is 16.2 Å². The minimum atomic E-state index is -0.413. The van der Waals surface area contributed by atoms with Crippen LogP contribution in [-0.2, 0) is 9.53 Å². The summed E-state index contributed by atoms with van der Waals surface area (Å²) in [7, 11) is 0. The molecule has 0 saturated carbocycles. The molecule has 0 radical (unpaired) electrons. The van der Waals surface area contributed by atoms with Crippen molar-refractivity contribution in [3.63, 3.8) is 0 Å². The fourth-order valence-electron chi connectivity index (χ4n) is 1.30. The summed E-state index contributed by atoms with van der Waals surface area (Å²) in [5.41, 5.74) is 4.81. The predicted octanol–water partition coefficient (Wildman–Crippen LogP) is -0.426. The summed E-state index contributed by atoms with van der Waals surface area (Å²) in [6, 6.07) is 1.73. The van der Waals surface area contributed by atoms with Crippen molar-refractivity contribution in [2.24, 2.45) is 0 Å². The highest BCUT2D eigenvalue weighted by molar-refractivity contribution is 7.80. The average molecular weight is 242 g/mol. The lowest BCUT2D eigenvalue weighted by Crippen LogP contribution is -2.48. The largest absolute Gasteiger partial charge is 0.376 e. The molecule has 1 rings (SSSR count). The van der Waals surface area contributed by atoms with Crippen LogP contribution in [0.25, 0.3) is 0 Å². The molecule has 1 unspecified atom stereocenters. The van der Waals surface area contributed by atoms with E-state index in [4.69, 9.17) is 22.2 Å². The van der Waals surface area contributed by atoms with Gasteiger partial charge < -0.3 is 10.1 Å². The number of hydrogen-bond acceptors (Lipinski definition) is 4. The summed E-state index contributed by atoms with van der Waals surface area (Å²) in [5.74, 6) is -0.413. The molecule has 0 aromatic carbocycles. The van der Waals surface area contributed by atoms with Crippen LogP contribution in [0.2, 0.25) is 0 Å². The van der Waals surface area contributed by atoms with E-state index in [0.29, 0.717) is 11.7 Å². The van der Waals surface area contributed by atoms with Gasteiger partial charge in [-0.2, -0.15) is 5.26 Å². The number of rotatable bonds is 3. The molecular weight excluding hydrogens is 228 g/mol. The third kappa shape index (κ3) is 4.91. The van der Waals surface area contributed by atoms with E-state index in [1.54, 1.807) is 6.07 Å². The van der Waals surface area contributed by atoms with Crippen molar-refractivity contribution < 1.29 is 9.53 Å². The first kappa shape index (κ1) is 12.7. The highest BCUT2D eigenvalue weighted by atomic mass is 32.1. The zero-order valence-electron chi connectivity index (χ0n) is 8.78. The second kappa shape index (κ2) is 6.98. The van der Waals surface area contributed by atoms with Gasteiger partial charge in [-0.15, -0.1) is 0 Å². The normalized spacial score (nSPS) is 18.6. The smallest absolute Gasteiger partial charge is 0.252 e. The van der Waals surface area contributed by atoms with Gasteiger partial charge in [0.2, 0.25) is 0 Å². The fourth-order valence-corrected chi connectivity index (χ4v) is 1.43. The zero-order chi connectivity index (χ0) is 11.8. The summed E-state index contributed by atoms with van der Waals surface area (Å²) < 4.78 is 5.39. The summed E-state index contributed by atoms with van der Waals surface area (Å²) >= 11 is 4.92. The van der Waals surface area contributed by atoms with Crippen LogP contribution in [0.3, 0.4) is 0 Å². The van der Waals surface area contributed by atoms with Gasteiger partial charge in [-0.25, -0.2) is 0 Å². The third-order valence-electron chi connectivity index (χ3n) is 2.07. The Bertz CT molecular complexity index is 296. The number of thiocarbonyl (C=S) groups is 1. The number of hydrogen-bond donors (Lipinski definition) is 3. The Morgan fingerprint density at radius 2 is 2.38 bits per heavy atom. The second-order valence-corrected chi connectivity index (χ2v) is 3.76. The molecule has 1 atom stereocenters.